The molecule has 1 aliphatic rings. The minimum atomic E-state index is -0.899. The van der Waals surface area contributed by atoms with Gasteiger partial charge in [0.05, 0.1) is 13.2 Å². The smallest absolute Gasteiger partial charge is 0.311 e. The number of aromatic nitrogens is 3. The lowest BCUT2D eigenvalue weighted by Gasteiger charge is -2.25. The molecule has 0 unspecified atom stereocenters. The Morgan fingerprint density at radius 3 is 2.81 bits per heavy atom. The molecule has 2 heterocycles. The van der Waals surface area contributed by atoms with Gasteiger partial charge in [-0.25, -0.2) is 0 Å². The first kappa shape index (κ1) is 10.9. The Kier molecular flexibility index (Phi) is 3.04. The van der Waals surface area contributed by atoms with E-state index in [1.54, 1.807) is 7.05 Å². The molecule has 0 bridgehead atoms. The van der Waals surface area contributed by atoms with Crippen LogP contribution in [0.5, 0.6) is 0 Å². The van der Waals surface area contributed by atoms with Crippen LogP contribution < -0.4 is 4.90 Å². The number of aryl methyl sites for hydroxylation is 1. The second kappa shape index (κ2) is 4.48. The highest BCUT2D eigenvalue weighted by atomic mass is 16.5. The third kappa shape index (κ3) is 2.30. The van der Waals surface area contributed by atoms with E-state index in [1.807, 2.05) is 4.90 Å². The number of rotatable bonds is 3. The zero-order valence-electron chi connectivity index (χ0n) is 9.09. The third-order valence-corrected chi connectivity index (χ3v) is 2.45. The van der Waals surface area contributed by atoms with Crippen molar-refractivity contribution >= 4 is 11.9 Å². The Balaban J connectivity index is 2.12. The fourth-order valence-electron chi connectivity index (χ4n) is 1.59. The largest absolute Gasteiger partial charge is 0.481 e. The molecule has 0 aromatic carbocycles. The maximum Gasteiger partial charge on any atom is 0.311 e. The van der Waals surface area contributed by atoms with Crippen molar-refractivity contribution in [3.8, 4) is 0 Å². The lowest BCUT2D eigenvalue weighted by atomic mass is 10.4. The van der Waals surface area contributed by atoms with Crippen molar-refractivity contribution in [2.75, 3.05) is 31.2 Å². The van der Waals surface area contributed by atoms with Gasteiger partial charge in [-0.2, -0.15) is 4.98 Å². The lowest BCUT2D eigenvalue weighted by Crippen LogP contribution is -2.37. The predicted octanol–water partition coefficient (Wildman–Crippen LogP) is -0.721. The van der Waals surface area contributed by atoms with E-state index in [4.69, 9.17) is 9.84 Å². The molecule has 2 rings (SSSR count). The second-order valence-corrected chi connectivity index (χ2v) is 3.62. The standard InChI is InChI=1S/C9H14N4O3/c1-12-7(6-8(14)15)10-9(11-12)13-2-4-16-5-3-13/h2-6H2,1H3,(H,14,15). The molecule has 0 aliphatic carbocycles. The first-order valence-corrected chi connectivity index (χ1v) is 5.11. The van der Waals surface area contributed by atoms with Crippen molar-refractivity contribution in [1.82, 2.24) is 14.8 Å². The van der Waals surface area contributed by atoms with Crippen LogP contribution in [-0.2, 0) is 23.0 Å². The minimum absolute atomic E-state index is 0.103. The van der Waals surface area contributed by atoms with Crippen molar-refractivity contribution in [3.63, 3.8) is 0 Å². The number of nitrogens with zero attached hydrogens (tertiary/aromatic N) is 4. The summed E-state index contributed by atoms with van der Waals surface area (Å²) < 4.78 is 6.74. The van der Waals surface area contributed by atoms with Gasteiger partial charge in [0.2, 0.25) is 5.95 Å². The molecule has 1 fully saturated rings. The van der Waals surface area contributed by atoms with Crippen molar-refractivity contribution in [1.29, 1.82) is 0 Å². The molecule has 7 nitrogen and oxygen atoms in total. The number of ether oxygens (including phenoxy) is 1. The molecule has 1 aliphatic heterocycles. The zero-order valence-corrected chi connectivity index (χ0v) is 9.09. The molecular formula is C9H14N4O3. The van der Waals surface area contributed by atoms with Gasteiger partial charge in [-0.3, -0.25) is 9.48 Å². The normalized spacial score (nSPS) is 16.4. The highest BCUT2D eigenvalue weighted by Crippen LogP contribution is 2.11. The molecule has 0 saturated carbocycles. The van der Waals surface area contributed by atoms with Crippen LogP contribution in [0.4, 0.5) is 5.95 Å². The van der Waals surface area contributed by atoms with E-state index < -0.39 is 5.97 Å². The van der Waals surface area contributed by atoms with E-state index in [-0.39, 0.29) is 6.42 Å². The summed E-state index contributed by atoms with van der Waals surface area (Å²) >= 11 is 0. The maximum atomic E-state index is 10.6. The summed E-state index contributed by atoms with van der Waals surface area (Å²) in [5, 5.41) is 12.9. The van der Waals surface area contributed by atoms with Gasteiger partial charge in [0.1, 0.15) is 12.2 Å². The monoisotopic (exact) mass is 226 g/mol. The van der Waals surface area contributed by atoms with Gasteiger partial charge in [0, 0.05) is 20.1 Å². The quantitative estimate of drug-likeness (QED) is 0.732. The molecule has 1 saturated heterocycles. The number of anilines is 1. The van der Waals surface area contributed by atoms with Crippen molar-refractivity contribution in [2.45, 2.75) is 6.42 Å². The summed E-state index contributed by atoms with van der Waals surface area (Å²) in [7, 11) is 1.70. The summed E-state index contributed by atoms with van der Waals surface area (Å²) in [6.45, 7) is 2.81. The summed E-state index contributed by atoms with van der Waals surface area (Å²) in [6.07, 6.45) is -0.103. The molecule has 0 amide bonds. The van der Waals surface area contributed by atoms with Gasteiger partial charge in [-0.05, 0) is 0 Å². The van der Waals surface area contributed by atoms with Gasteiger partial charge in [-0.15, -0.1) is 5.10 Å². The summed E-state index contributed by atoms with van der Waals surface area (Å²) in [5.41, 5.74) is 0. The van der Waals surface area contributed by atoms with Crippen LogP contribution in [0.15, 0.2) is 0 Å². The fourth-order valence-corrected chi connectivity index (χ4v) is 1.59. The molecule has 1 N–H and O–H groups in total. The molecular weight excluding hydrogens is 212 g/mol. The first-order chi connectivity index (χ1) is 7.66. The van der Waals surface area contributed by atoms with Crippen LogP contribution in [0.25, 0.3) is 0 Å². The SMILES string of the molecule is Cn1nc(N2CCOCC2)nc1CC(=O)O. The molecule has 16 heavy (non-hydrogen) atoms. The summed E-state index contributed by atoms with van der Waals surface area (Å²) in [6, 6.07) is 0. The fraction of sp³-hybridized carbons (Fsp3) is 0.667. The topological polar surface area (TPSA) is 80.5 Å². The molecule has 88 valence electrons. The zero-order chi connectivity index (χ0) is 11.5. The predicted molar refractivity (Wildman–Crippen MR) is 55.4 cm³/mol. The molecule has 0 radical (unpaired) electrons. The van der Waals surface area contributed by atoms with Crippen LogP contribution in [0.3, 0.4) is 0 Å². The Labute approximate surface area is 92.6 Å². The number of hydrogen-bond donors (Lipinski definition) is 1. The van der Waals surface area contributed by atoms with Gasteiger partial charge >= 0.3 is 5.97 Å². The van der Waals surface area contributed by atoms with E-state index in [0.29, 0.717) is 25.0 Å². The van der Waals surface area contributed by atoms with Crippen LogP contribution in [0.2, 0.25) is 0 Å². The number of aliphatic carboxylic acids is 1. The van der Waals surface area contributed by atoms with Gasteiger partial charge in [-0.1, -0.05) is 0 Å². The van der Waals surface area contributed by atoms with Crippen molar-refractivity contribution in [3.05, 3.63) is 5.82 Å². The van der Waals surface area contributed by atoms with E-state index in [9.17, 15) is 4.79 Å². The third-order valence-electron chi connectivity index (χ3n) is 2.45. The molecule has 0 atom stereocenters. The Hall–Kier alpha value is -1.63. The Morgan fingerprint density at radius 2 is 2.19 bits per heavy atom. The van der Waals surface area contributed by atoms with E-state index >= 15 is 0 Å². The van der Waals surface area contributed by atoms with E-state index in [1.165, 1.54) is 4.68 Å². The van der Waals surface area contributed by atoms with Crippen LogP contribution >= 0.6 is 0 Å². The second-order valence-electron chi connectivity index (χ2n) is 3.62. The van der Waals surface area contributed by atoms with E-state index in [0.717, 1.165) is 13.1 Å². The average molecular weight is 226 g/mol. The van der Waals surface area contributed by atoms with Crippen LogP contribution in [0.1, 0.15) is 5.82 Å². The number of carbonyl (C=O) groups is 1. The Morgan fingerprint density at radius 1 is 1.50 bits per heavy atom. The molecule has 7 heteroatoms. The highest BCUT2D eigenvalue weighted by Gasteiger charge is 2.18. The summed E-state index contributed by atoms with van der Waals surface area (Å²) in [4.78, 5) is 16.8. The van der Waals surface area contributed by atoms with E-state index in [2.05, 4.69) is 10.1 Å². The number of hydrogen-bond acceptors (Lipinski definition) is 5. The number of carboxylic acids is 1. The minimum Gasteiger partial charge on any atom is -0.481 e. The van der Waals surface area contributed by atoms with Crippen LogP contribution in [-0.4, -0.2) is 52.1 Å². The first-order valence-electron chi connectivity index (χ1n) is 5.11. The van der Waals surface area contributed by atoms with Crippen molar-refractivity contribution in [2.24, 2.45) is 7.05 Å². The maximum absolute atomic E-state index is 10.6. The van der Waals surface area contributed by atoms with Gasteiger partial charge in [0.15, 0.2) is 0 Å². The molecule has 0 spiro atoms. The van der Waals surface area contributed by atoms with Crippen LogP contribution in [0, 0.1) is 0 Å². The number of morpholine rings is 1. The lowest BCUT2D eigenvalue weighted by molar-refractivity contribution is -0.136. The number of carboxylic acid groups (broad SMARTS) is 1. The Bertz CT molecular complexity index is 384. The molecule has 1 aromatic rings. The molecule has 1 aromatic heterocycles. The summed E-state index contributed by atoms with van der Waals surface area (Å²) in [5.74, 6) is 0.153. The van der Waals surface area contributed by atoms with Gasteiger partial charge in [0.25, 0.3) is 0 Å². The van der Waals surface area contributed by atoms with Crippen molar-refractivity contribution < 1.29 is 14.6 Å². The van der Waals surface area contributed by atoms with Gasteiger partial charge < -0.3 is 14.7 Å². The highest BCUT2D eigenvalue weighted by molar-refractivity contribution is 5.69. The average Bonchev–Trinajstić information content (AvgIpc) is 2.61.